The van der Waals surface area contributed by atoms with Gasteiger partial charge < -0.3 is 8.98 Å². The molecule has 0 aliphatic heterocycles. The van der Waals surface area contributed by atoms with Crippen LogP contribution in [0, 0.1) is 11.3 Å². The average Bonchev–Trinajstić information content (AvgIpc) is 3.67. The van der Waals surface area contributed by atoms with Crippen LogP contribution in [-0.4, -0.2) is 14.5 Å². The van der Waals surface area contributed by atoms with E-state index < -0.39 is 0 Å². The Kier molecular flexibility index (Phi) is 5.81. The van der Waals surface area contributed by atoms with Gasteiger partial charge in [-0.25, -0.2) is 9.97 Å². The molecule has 0 aliphatic carbocycles. The second-order valence-electron chi connectivity index (χ2n) is 11.4. The summed E-state index contributed by atoms with van der Waals surface area (Å²) >= 11 is 0. The van der Waals surface area contributed by atoms with Gasteiger partial charge in [0.15, 0.2) is 11.4 Å². The smallest absolute Gasteiger partial charge is 0.180 e. The van der Waals surface area contributed by atoms with Crippen molar-refractivity contribution in [2.45, 2.75) is 0 Å². The highest BCUT2D eigenvalue weighted by molar-refractivity contribution is 6.10. The summed E-state index contributed by atoms with van der Waals surface area (Å²) in [5, 5.41) is 12.9. The molecule has 46 heavy (non-hydrogen) atoms. The van der Waals surface area contributed by atoms with E-state index in [9.17, 15) is 5.26 Å². The second kappa shape index (κ2) is 10.3. The molecule has 6 aromatic carbocycles. The summed E-state index contributed by atoms with van der Waals surface area (Å²) in [5.74, 6) is 0.550. The topological polar surface area (TPSA) is 67.6 Å². The minimum atomic E-state index is 0.550. The minimum Gasteiger partial charge on any atom is -0.452 e. The molecule has 0 unspecified atom stereocenters. The first-order chi connectivity index (χ1) is 22.7. The molecular weight excluding hydrogens is 564 g/mol. The van der Waals surface area contributed by atoms with Gasteiger partial charge in [-0.3, -0.25) is 0 Å². The Morgan fingerprint density at radius 3 is 2.00 bits per heavy atom. The lowest BCUT2D eigenvalue weighted by atomic mass is 10.0. The summed E-state index contributed by atoms with van der Waals surface area (Å²) < 4.78 is 8.90. The quantitative estimate of drug-likeness (QED) is 0.205. The van der Waals surface area contributed by atoms with Crippen LogP contribution in [0.3, 0.4) is 0 Å². The Morgan fingerprint density at radius 1 is 0.543 bits per heavy atom. The molecule has 0 fully saturated rings. The first-order valence-corrected chi connectivity index (χ1v) is 15.1. The summed E-state index contributed by atoms with van der Waals surface area (Å²) in [7, 11) is 0. The molecule has 0 atom stereocenters. The van der Waals surface area contributed by atoms with E-state index in [0.29, 0.717) is 22.7 Å². The maximum Gasteiger partial charge on any atom is 0.180 e. The number of rotatable bonds is 4. The lowest BCUT2D eigenvalue weighted by molar-refractivity contribution is 0.667. The first kappa shape index (κ1) is 25.9. The SMILES string of the molecule is N#Cc1cccc(-c2nc(-c3ccccc3)c3oc4cc(-c5cccc(-n6c7ccccc7c7ccccc76)c5)ccc4c3n2)c1. The van der Waals surface area contributed by atoms with Crippen molar-refractivity contribution < 1.29 is 4.42 Å². The number of nitrogens with zero attached hydrogens (tertiary/aromatic N) is 4. The monoisotopic (exact) mass is 588 g/mol. The van der Waals surface area contributed by atoms with E-state index in [1.165, 1.54) is 21.8 Å². The zero-order chi connectivity index (χ0) is 30.6. The van der Waals surface area contributed by atoms with Crippen LogP contribution in [0.25, 0.3) is 83.3 Å². The van der Waals surface area contributed by atoms with E-state index in [0.717, 1.165) is 44.4 Å². The fraction of sp³-hybridized carbons (Fsp3) is 0. The van der Waals surface area contributed by atoms with Crippen LogP contribution in [0.2, 0.25) is 0 Å². The maximum atomic E-state index is 9.50. The van der Waals surface area contributed by atoms with Gasteiger partial charge in [-0.05, 0) is 59.7 Å². The highest BCUT2D eigenvalue weighted by Gasteiger charge is 2.19. The van der Waals surface area contributed by atoms with Crippen molar-refractivity contribution in [3.05, 3.63) is 151 Å². The van der Waals surface area contributed by atoms with E-state index in [2.05, 4.69) is 102 Å². The van der Waals surface area contributed by atoms with Crippen molar-refractivity contribution in [3.63, 3.8) is 0 Å². The van der Waals surface area contributed by atoms with Gasteiger partial charge in [0.1, 0.15) is 16.8 Å². The van der Waals surface area contributed by atoms with Crippen LogP contribution < -0.4 is 0 Å². The number of aromatic nitrogens is 3. The molecule has 214 valence electrons. The molecule has 0 bridgehead atoms. The lowest BCUT2D eigenvalue weighted by Gasteiger charge is -2.10. The van der Waals surface area contributed by atoms with Gasteiger partial charge in [0, 0.05) is 33.0 Å². The average molecular weight is 589 g/mol. The predicted octanol–water partition coefficient (Wildman–Crippen LogP) is 10.3. The number of fused-ring (bicyclic) bond motifs is 6. The fourth-order valence-corrected chi connectivity index (χ4v) is 6.50. The van der Waals surface area contributed by atoms with Gasteiger partial charge in [-0.15, -0.1) is 0 Å². The third-order valence-electron chi connectivity index (χ3n) is 8.63. The Hall–Kier alpha value is -6.51. The Morgan fingerprint density at radius 2 is 1.22 bits per heavy atom. The van der Waals surface area contributed by atoms with Crippen LogP contribution in [0.5, 0.6) is 0 Å². The molecule has 9 rings (SSSR count). The molecule has 5 heteroatoms. The molecule has 0 saturated heterocycles. The van der Waals surface area contributed by atoms with Gasteiger partial charge in [0.05, 0.1) is 22.7 Å². The van der Waals surface area contributed by atoms with Gasteiger partial charge >= 0.3 is 0 Å². The number of hydrogen-bond acceptors (Lipinski definition) is 4. The fourth-order valence-electron chi connectivity index (χ4n) is 6.50. The molecule has 9 aromatic rings. The van der Waals surface area contributed by atoms with Crippen LogP contribution in [-0.2, 0) is 0 Å². The zero-order valence-corrected chi connectivity index (χ0v) is 24.6. The largest absolute Gasteiger partial charge is 0.452 e. The Labute approximate surface area is 264 Å². The molecule has 0 N–H and O–H groups in total. The highest BCUT2D eigenvalue weighted by Crippen LogP contribution is 2.38. The van der Waals surface area contributed by atoms with Crippen LogP contribution in [0.1, 0.15) is 5.56 Å². The molecule has 0 aliphatic rings. The number of para-hydroxylation sites is 2. The number of hydrogen-bond donors (Lipinski definition) is 0. The summed E-state index contributed by atoms with van der Waals surface area (Å²) in [6.07, 6.45) is 0. The summed E-state index contributed by atoms with van der Waals surface area (Å²) in [4.78, 5) is 9.95. The highest BCUT2D eigenvalue weighted by atomic mass is 16.3. The van der Waals surface area contributed by atoms with E-state index in [-0.39, 0.29) is 0 Å². The molecule has 0 saturated carbocycles. The molecule has 0 radical (unpaired) electrons. The van der Waals surface area contributed by atoms with Crippen molar-refractivity contribution in [1.82, 2.24) is 14.5 Å². The number of nitriles is 1. The summed E-state index contributed by atoms with van der Waals surface area (Å²) in [6.45, 7) is 0. The van der Waals surface area contributed by atoms with Gasteiger partial charge in [-0.2, -0.15) is 5.26 Å². The summed E-state index contributed by atoms with van der Waals surface area (Å²) in [5.41, 5.74) is 10.7. The molecular formula is C41H24N4O. The molecule has 3 aromatic heterocycles. The Balaban J connectivity index is 1.22. The molecule has 5 nitrogen and oxygen atoms in total. The summed E-state index contributed by atoms with van der Waals surface area (Å²) in [6, 6.07) is 51.7. The van der Waals surface area contributed by atoms with E-state index >= 15 is 0 Å². The van der Waals surface area contributed by atoms with Gasteiger partial charge in [0.25, 0.3) is 0 Å². The van der Waals surface area contributed by atoms with Crippen LogP contribution >= 0.6 is 0 Å². The predicted molar refractivity (Wildman–Crippen MR) is 185 cm³/mol. The maximum absolute atomic E-state index is 9.50. The van der Waals surface area contributed by atoms with Crippen molar-refractivity contribution in [1.29, 1.82) is 5.26 Å². The number of furan rings is 1. The minimum absolute atomic E-state index is 0.550. The van der Waals surface area contributed by atoms with Crippen LogP contribution in [0.15, 0.2) is 150 Å². The first-order valence-electron chi connectivity index (χ1n) is 15.1. The van der Waals surface area contributed by atoms with Gasteiger partial charge in [-0.1, -0.05) is 97.1 Å². The Bertz CT molecular complexity index is 2610. The van der Waals surface area contributed by atoms with Crippen LogP contribution in [0.4, 0.5) is 0 Å². The zero-order valence-electron chi connectivity index (χ0n) is 24.6. The molecule has 0 spiro atoms. The van der Waals surface area contributed by atoms with Gasteiger partial charge in [0.2, 0.25) is 0 Å². The van der Waals surface area contributed by atoms with E-state index in [4.69, 9.17) is 14.4 Å². The number of benzene rings is 6. The second-order valence-corrected chi connectivity index (χ2v) is 11.4. The van der Waals surface area contributed by atoms with Crippen molar-refractivity contribution in [3.8, 4) is 45.5 Å². The molecule has 3 heterocycles. The van der Waals surface area contributed by atoms with E-state index in [1.54, 1.807) is 6.07 Å². The molecule has 0 amide bonds. The lowest BCUT2D eigenvalue weighted by Crippen LogP contribution is -1.94. The third-order valence-corrected chi connectivity index (χ3v) is 8.63. The van der Waals surface area contributed by atoms with E-state index in [1.807, 2.05) is 48.5 Å². The van der Waals surface area contributed by atoms with Crippen molar-refractivity contribution >= 4 is 43.9 Å². The van der Waals surface area contributed by atoms with Crippen molar-refractivity contribution in [2.75, 3.05) is 0 Å². The third kappa shape index (κ3) is 4.09. The standard InChI is InChI=1S/C41H24N4O/c42-25-26-10-8-14-30(22-26)41-43-38(27-11-2-1-3-12-27)40-39(44-41)34-21-20-29(24-37(34)46-40)28-13-9-15-31(23-28)45-35-18-6-4-16-32(35)33-17-5-7-19-36(33)45/h1-24H. The van der Waals surface area contributed by atoms with Crippen molar-refractivity contribution in [2.24, 2.45) is 0 Å². The normalized spacial score (nSPS) is 11.5.